The van der Waals surface area contributed by atoms with Crippen molar-refractivity contribution < 1.29 is 4.52 Å². The molecule has 0 saturated carbocycles. The molecule has 0 aliphatic carbocycles. The van der Waals surface area contributed by atoms with Crippen molar-refractivity contribution in [2.75, 3.05) is 0 Å². The number of benzene rings is 1. The molecule has 2 aromatic rings. The second-order valence-corrected chi connectivity index (χ2v) is 5.74. The largest absolute Gasteiger partial charge is 0.339 e. The molecule has 0 amide bonds. The molecule has 0 spiro atoms. The maximum atomic E-state index is 5.72. The summed E-state index contributed by atoms with van der Waals surface area (Å²) in [5.74, 6) is 1.28. The van der Waals surface area contributed by atoms with Crippen LogP contribution in [0, 0.1) is 13.8 Å². The van der Waals surface area contributed by atoms with Gasteiger partial charge in [-0.25, -0.2) is 0 Å². The van der Waals surface area contributed by atoms with Gasteiger partial charge in [0.1, 0.15) is 0 Å². The van der Waals surface area contributed by atoms with Crippen LogP contribution < -0.4 is 5.73 Å². The summed E-state index contributed by atoms with van der Waals surface area (Å²) in [6.45, 7) is 6.08. The molecular formula is C14H18BrN3O. The van der Waals surface area contributed by atoms with Crippen molar-refractivity contribution in [3.05, 3.63) is 33.6 Å². The fourth-order valence-electron chi connectivity index (χ4n) is 1.90. The minimum atomic E-state index is 0.146. The second kappa shape index (κ2) is 5.84. The van der Waals surface area contributed by atoms with Crippen LogP contribution in [0.1, 0.15) is 30.4 Å². The summed E-state index contributed by atoms with van der Waals surface area (Å²) in [4.78, 5) is 4.42. The van der Waals surface area contributed by atoms with Crippen molar-refractivity contribution in [1.29, 1.82) is 0 Å². The van der Waals surface area contributed by atoms with Gasteiger partial charge in [0.05, 0.1) is 0 Å². The fraction of sp³-hybridized carbons (Fsp3) is 0.429. The van der Waals surface area contributed by atoms with Gasteiger partial charge in [0.2, 0.25) is 11.7 Å². The Hall–Kier alpha value is -1.20. The highest BCUT2D eigenvalue weighted by Gasteiger charge is 2.11. The van der Waals surface area contributed by atoms with Crippen LogP contribution in [0.3, 0.4) is 0 Å². The number of aryl methyl sites for hydroxylation is 3. The first kappa shape index (κ1) is 14.2. The molecular weight excluding hydrogens is 306 g/mol. The minimum absolute atomic E-state index is 0.146. The molecule has 4 nitrogen and oxygen atoms in total. The van der Waals surface area contributed by atoms with E-state index in [1.54, 1.807) is 0 Å². The van der Waals surface area contributed by atoms with E-state index in [4.69, 9.17) is 10.3 Å². The van der Waals surface area contributed by atoms with Gasteiger partial charge in [-0.1, -0.05) is 21.1 Å². The average molecular weight is 324 g/mol. The third-order valence-corrected chi connectivity index (χ3v) is 4.23. The molecule has 102 valence electrons. The normalized spacial score (nSPS) is 12.7. The summed E-state index contributed by atoms with van der Waals surface area (Å²) >= 11 is 3.55. The van der Waals surface area contributed by atoms with E-state index in [1.807, 2.05) is 6.92 Å². The Kier molecular flexibility index (Phi) is 4.37. The first-order valence-electron chi connectivity index (χ1n) is 6.32. The van der Waals surface area contributed by atoms with E-state index >= 15 is 0 Å². The van der Waals surface area contributed by atoms with Gasteiger partial charge >= 0.3 is 0 Å². The Balaban J connectivity index is 2.23. The molecule has 0 radical (unpaired) electrons. The zero-order valence-corrected chi connectivity index (χ0v) is 13.0. The Bertz CT molecular complexity index is 555. The van der Waals surface area contributed by atoms with Crippen LogP contribution in [-0.2, 0) is 6.42 Å². The van der Waals surface area contributed by atoms with Crippen LogP contribution in [0.4, 0.5) is 0 Å². The van der Waals surface area contributed by atoms with Crippen LogP contribution in [0.2, 0.25) is 0 Å². The van der Waals surface area contributed by atoms with Gasteiger partial charge in [-0.15, -0.1) is 0 Å². The fourth-order valence-corrected chi connectivity index (χ4v) is 2.13. The Labute approximate surface area is 121 Å². The first-order chi connectivity index (χ1) is 8.97. The zero-order valence-electron chi connectivity index (χ0n) is 11.4. The Morgan fingerprint density at radius 3 is 2.53 bits per heavy atom. The lowest BCUT2D eigenvalue weighted by atomic mass is 10.1. The predicted octanol–water partition coefficient (Wildman–Crippen LogP) is 3.40. The van der Waals surface area contributed by atoms with E-state index < -0.39 is 0 Å². The van der Waals surface area contributed by atoms with Gasteiger partial charge in [-0.2, -0.15) is 4.98 Å². The summed E-state index contributed by atoms with van der Waals surface area (Å²) in [6.07, 6.45) is 1.57. The molecule has 1 unspecified atom stereocenters. The molecule has 5 heteroatoms. The number of halogens is 1. The van der Waals surface area contributed by atoms with Crippen LogP contribution in [0.25, 0.3) is 11.4 Å². The smallest absolute Gasteiger partial charge is 0.227 e. The average Bonchev–Trinajstić information content (AvgIpc) is 2.81. The Morgan fingerprint density at radius 2 is 1.95 bits per heavy atom. The third kappa shape index (κ3) is 3.42. The highest BCUT2D eigenvalue weighted by Crippen LogP contribution is 2.27. The van der Waals surface area contributed by atoms with Crippen molar-refractivity contribution in [3.63, 3.8) is 0 Å². The van der Waals surface area contributed by atoms with Gasteiger partial charge in [-0.05, 0) is 50.5 Å². The van der Waals surface area contributed by atoms with Gasteiger partial charge in [-0.3, -0.25) is 0 Å². The van der Waals surface area contributed by atoms with Gasteiger partial charge < -0.3 is 10.3 Å². The number of nitrogens with two attached hydrogens (primary N) is 1. The summed E-state index contributed by atoms with van der Waals surface area (Å²) < 4.78 is 6.37. The van der Waals surface area contributed by atoms with Crippen molar-refractivity contribution in [1.82, 2.24) is 10.1 Å². The molecule has 1 atom stereocenters. The van der Waals surface area contributed by atoms with Crippen molar-refractivity contribution in [2.45, 2.75) is 39.7 Å². The van der Waals surface area contributed by atoms with Crippen LogP contribution in [0.5, 0.6) is 0 Å². The lowest BCUT2D eigenvalue weighted by Crippen LogP contribution is -2.15. The molecule has 0 aliphatic rings. The summed E-state index contributed by atoms with van der Waals surface area (Å²) in [6, 6.07) is 4.25. The van der Waals surface area contributed by atoms with E-state index in [2.05, 4.69) is 52.1 Å². The molecule has 2 rings (SSSR count). The third-order valence-electron chi connectivity index (χ3n) is 2.98. The molecule has 0 bridgehead atoms. The van der Waals surface area contributed by atoms with E-state index in [9.17, 15) is 0 Å². The topological polar surface area (TPSA) is 64.9 Å². The molecule has 1 heterocycles. The summed E-state index contributed by atoms with van der Waals surface area (Å²) in [5.41, 5.74) is 9.03. The molecule has 0 saturated heterocycles. The SMILES string of the molecule is Cc1cc(-c2noc(CCC(C)N)n2)cc(C)c1Br. The molecule has 1 aromatic heterocycles. The van der Waals surface area contributed by atoms with Gasteiger partial charge in [0, 0.05) is 22.5 Å². The molecule has 0 fully saturated rings. The van der Waals surface area contributed by atoms with Crippen molar-refractivity contribution >= 4 is 15.9 Å². The van der Waals surface area contributed by atoms with E-state index in [-0.39, 0.29) is 6.04 Å². The van der Waals surface area contributed by atoms with Crippen molar-refractivity contribution in [3.8, 4) is 11.4 Å². The second-order valence-electron chi connectivity index (χ2n) is 4.95. The number of aromatic nitrogens is 2. The monoisotopic (exact) mass is 323 g/mol. The summed E-state index contributed by atoms with van der Waals surface area (Å²) in [5, 5.41) is 4.03. The molecule has 0 aliphatic heterocycles. The predicted molar refractivity (Wildman–Crippen MR) is 78.9 cm³/mol. The lowest BCUT2D eigenvalue weighted by molar-refractivity contribution is 0.372. The van der Waals surface area contributed by atoms with Crippen LogP contribution >= 0.6 is 15.9 Å². The van der Waals surface area contributed by atoms with E-state index in [1.165, 1.54) is 0 Å². The number of rotatable bonds is 4. The summed E-state index contributed by atoms with van der Waals surface area (Å²) in [7, 11) is 0. The standard InChI is InChI=1S/C14H18BrN3O/c1-8-6-11(7-9(2)13(8)15)14-17-12(19-18-14)5-4-10(3)16/h6-7,10H,4-5,16H2,1-3H3. The molecule has 1 aromatic carbocycles. The van der Waals surface area contributed by atoms with Crippen molar-refractivity contribution in [2.24, 2.45) is 5.73 Å². The maximum Gasteiger partial charge on any atom is 0.227 e. The highest BCUT2D eigenvalue weighted by molar-refractivity contribution is 9.10. The van der Waals surface area contributed by atoms with E-state index in [0.717, 1.165) is 34.0 Å². The lowest BCUT2D eigenvalue weighted by Gasteiger charge is -2.04. The molecule has 2 N–H and O–H groups in total. The van der Waals surface area contributed by atoms with E-state index in [0.29, 0.717) is 11.7 Å². The van der Waals surface area contributed by atoms with Crippen LogP contribution in [-0.4, -0.2) is 16.2 Å². The zero-order chi connectivity index (χ0) is 14.0. The first-order valence-corrected chi connectivity index (χ1v) is 7.12. The quantitative estimate of drug-likeness (QED) is 0.936. The van der Waals surface area contributed by atoms with Crippen LogP contribution in [0.15, 0.2) is 21.1 Å². The Morgan fingerprint density at radius 1 is 1.32 bits per heavy atom. The van der Waals surface area contributed by atoms with Gasteiger partial charge in [0.15, 0.2) is 0 Å². The highest BCUT2D eigenvalue weighted by atomic mass is 79.9. The number of hydrogen-bond acceptors (Lipinski definition) is 4. The number of nitrogens with zero attached hydrogens (tertiary/aromatic N) is 2. The minimum Gasteiger partial charge on any atom is -0.339 e. The van der Waals surface area contributed by atoms with Gasteiger partial charge in [0.25, 0.3) is 0 Å². The maximum absolute atomic E-state index is 5.72. The number of hydrogen-bond donors (Lipinski definition) is 1. The molecule has 19 heavy (non-hydrogen) atoms.